The van der Waals surface area contributed by atoms with E-state index >= 15 is 0 Å². The monoisotopic (exact) mass is 360 g/mol. The molecule has 0 spiro atoms. The number of carbonyl (C=O) groups is 2. The van der Waals surface area contributed by atoms with Gasteiger partial charge in [0.15, 0.2) is 5.69 Å². The predicted molar refractivity (Wildman–Crippen MR) is 99.0 cm³/mol. The molecule has 3 heterocycles. The topological polar surface area (TPSA) is 89.5 Å². The molecule has 0 amide bonds. The third kappa shape index (κ3) is 3.10. The van der Waals surface area contributed by atoms with Crippen LogP contribution in [0.5, 0.6) is 0 Å². The molecule has 134 valence electrons. The highest BCUT2D eigenvalue weighted by atomic mass is 16.4. The maximum absolute atomic E-state index is 11.1. The third-order valence-corrected chi connectivity index (χ3v) is 4.40. The summed E-state index contributed by atoms with van der Waals surface area (Å²) < 4.78 is 3.46. The number of aldehydes is 1. The zero-order chi connectivity index (χ0) is 19.0. The van der Waals surface area contributed by atoms with Crippen molar-refractivity contribution in [3.05, 3.63) is 77.2 Å². The SMILES string of the molecule is Cc1cc(C(=O)O)nn1Cc1cccc2cc(-c3cccc(C=O)c3)nn12. The van der Waals surface area contributed by atoms with E-state index in [0.29, 0.717) is 12.1 Å². The van der Waals surface area contributed by atoms with E-state index in [1.54, 1.807) is 22.9 Å². The number of aryl methyl sites for hydroxylation is 1. The first-order valence-electron chi connectivity index (χ1n) is 8.36. The molecule has 0 bridgehead atoms. The lowest BCUT2D eigenvalue weighted by atomic mass is 10.1. The Labute approximate surface area is 154 Å². The smallest absolute Gasteiger partial charge is 0.356 e. The molecular formula is C20H16N4O3. The number of aromatic carboxylic acids is 1. The van der Waals surface area contributed by atoms with E-state index in [9.17, 15) is 9.59 Å². The summed E-state index contributed by atoms with van der Waals surface area (Å²) in [5, 5.41) is 17.9. The number of hydrogen-bond acceptors (Lipinski definition) is 4. The van der Waals surface area contributed by atoms with Crippen LogP contribution < -0.4 is 0 Å². The molecule has 0 unspecified atom stereocenters. The standard InChI is InChI=1S/C20H16N4O3/c1-13-8-19(20(26)27)21-23(13)11-17-7-3-6-16-10-18(22-24(16)17)15-5-2-4-14(9-15)12-25/h2-10,12H,11H2,1H3,(H,26,27). The molecule has 0 aliphatic carbocycles. The number of aromatic nitrogens is 4. The summed E-state index contributed by atoms with van der Waals surface area (Å²) in [5.74, 6) is -1.05. The lowest BCUT2D eigenvalue weighted by Crippen LogP contribution is -2.09. The molecule has 27 heavy (non-hydrogen) atoms. The quantitative estimate of drug-likeness (QED) is 0.553. The van der Waals surface area contributed by atoms with E-state index in [0.717, 1.165) is 34.4 Å². The average Bonchev–Trinajstić information content (AvgIpc) is 3.26. The Kier molecular flexibility index (Phi) is 4.04. The van der Waals surface area contributed by atoms with Gasteiger partial charge in [-0.05, 0) is 37.3 Å². The number of carbonyl (C=O) groups excluding carboxylic acids is 1. The first kappa shape index (κ1) is 16.7. The maximum atomic E-state index is 11.1. The molecule has 0 atom stereocenters. The summed E-state index contributed by atoms with van der Waals surface area (Å²) in [5.41, 5.74) is 4.77. The fourth-order valence-corrected chi connectivity index (χ4v) is 3.03. The molecule has 0 fully saturated rings. The van der Waals surface area contributed by atoms with Crippen LogP contribution >= 0.6 is 0 Å². The van der Waals surface area contributed by atoms with Crippen LogP contribution in [0, 0.1) is 6.92 Å². The predicted octanol–water partition coefficient (Wildman–Crippen LogP) is 3.07. The Morgan fingerprint density at radius 2 is 1.93 bits per heavy atom. The molecule has 0 radical (unpaired) electrons. The molecule has 0 saturated carbocycles. The van der Waals surface area contributed by atoms with E-state index in [4.69, 9.17) is 5.11 Å². The second-order valence-electron chi connectivity index (χ2n) is 6.26. The van der Waals surface area contributed by atoms with Gasteiger partial charge in [-0.1, -0.05) is 24.3 Å². The highest BCUT2D eigenvalue weighted by molar-refractivity contribution is 5.85. The zero-order valence-corrected chi connectivity index (χ0v) is 14.5. The Bertz CT molecular complexity index is 1170. The molecule has 1 N–H and O–H groups in total. The Morgan fingerprint density at radius 3 is 2.67 bits per heavy atom. The molecule has 4 rings (SSSR count). The number of benzene rings is 1. The largest absolute Gasteiger partial charge is 0.476 e. The van der Waals surface area contributed by atoms with Gasteiger partial charge in [0.1, 0.15) is 6.29 Å². The van der Waals surface area contributed by atoms with E-state index in [1.165, 1.54) is 0 Å². The average molecular weight is 360 g/mol. The number of fused-ring (bicyclic) bond motifs is 1. The van der Waals surface area contributed by atoms with Crippen molar-refractivity contribution in [2.75, 3.05) is 0 Å². The lowest BCUT2D eigenvalue weighted by Gasteiger charge is -2.07. The summed E-state index contributed by atoms with van der Waals surface area (Å²) in [6.45, 7) is 2.21. The van der Waals surface area contributed by atoms with E-state index in [2.05, 4.69) is 10.2 Å². The van der Waals surface area contributed by atoms with E-state index in [1.807, 2.05) is 47.8 Å². The molecule has 7 nitrogen and oxygen atoms in total. The highest BCUT2D eigenvalue weighted by Gasteiger charge is 2.13. The van der Waals surface area contributed by atoms with Crippen molar-refractivity contribution in [2.45, 2.75) is 13.5 Å². The second kappa shape index (κ2) is 6.53. The number of rotatable bonds is 5. The Morgan fingerprint density at radius 1 is 1.11 bits per heavy atom. The summed E-state index contributed by atoms with van der Waals surface area (Å²) in [7, 11) is 0. The van der Waals surface area contributed by atoms with Gasteiger partial charge >= 0.3 is 5.97 Å². The van der Waals surface area contributed by atoms with Gasteiger partial charge in [-0.2, -0.15) is 10.2 Å². The molecule has 1 aromatic carbocycles. The summed E-state index contributed by atoms with van der Waals surface area (Å²) >= 11 is 0. The molecule has 0 aliphatic rings. The molecule has 7 heteroatoms. The summed E-state index contributed by atoms with van der Waals surface area (Å²) in [4.78, 5) is 22.1. The first-order valence-corrected chi connectivity index (χ1v) is 8.36. The third-order valence-electron chi connectivity index (χ3n) is 4.40. The minimum atomic E-state index is -1.05. The van der Waals surface area contributed by atoms with Gasteiger partial charge in [-0.3, -0.25) is 9.48 Å². The normalized spacial score (nSPS) is 11.0. The van der Waals surface area contributed by atoms with E-state index < -0.39 is 5.97 Å². The van der Waals surface area contributed by atoms with Gasteiger partial charge < -0.3 is 5.11 Å². The van der Waals surface area contributed by atoms with E-state index in [-0.39, 0.29) is 5.69 Å². The van der Waals surface area contributed by atoms with Crippen LogP contribution in [-0.4, -0.2) is 36.8 Å². The molecule has 3 aromatic heterocycles. The number of carboxylic acids is 1. The van der Waals surface area contributed by atoms with Crippen molar-refractivity contribution in [3.8, 4) is 11.3 Å². The molecule has 0 aliphatic heterocycles. The van der Waals surface area contributed by atoms with Crippen LogP contribution in [0.2, 0.25) is 0 Å². The molecule has 4 aromatic rings. The molecule has 0 saturated heterocycles. The van der Waals surface area contributed by atoms with Crippen LogP contribution in [0.1, 0.15) is 32.2 Å². The number of hydrogen-bond donors (Lipinski definition) is 1. The fraction of sp³-hybridized carbons (Fsp3) is 0.100. The van der Waals surface area contributed by atoms with Crippen LogP contribution in [0.25, 0.3) is 16.8 Å². The number of carboxylic acid groups (broad SMARTS) is 1. The maximum Gasteiger partial charge on any atom is 0.356 e. The Balaban J connectivity index is 1.75. The summed E-state index contributed by atoms with van der Waals surface area (Å²) in [6.07, 6.45) is 0.811. The van der Waals surface area contributed by atoms with Gasteiger partial charge in [0.05, 0.1) is 23.4 Å². The van der Waals surface area contributed by atoms with Crippen molar-refractivity contribution < 1.29 is 14.7 Å². The number of nitrogens with zero attached hydrogens (tertiary/aromatic N) is 4. The number of pyridine rings is 1. The van der Waals surface area contributed by atoms with Crippen molar-refractivity contribution in [3.63, 3.8) is 0 Å². The van der Waals surface area contributed by atoms with Crippen LogP contribution in [-0.2, 0) is 6.54 Å². The fourth-order valence-electron chi connectivity index (χ4n) is 3.03. The van der Waals surface area contributed by atoms with Crippen LogP contribution in [0.15, 0.2) is 54.6 Å². The summed E-state index contributed by atoms with van der Waals surface area (Å²) in [6, 6.07) is 16.6. The van der Waals surface area contributed by atoms with Gasteiger partial charge in [0.2, 0.25) is 0 Å². The van der Waals surface area contributed by atoms with Gasteiger partial charge in [-0.15, -0.1) is 0 Å². The highest BCUT2D eigenvalue weighted by Crippen LogP contribution is 2.22. The van der Waals surface area contributed by atoms with Gasteiger partial charge in [0, 0.05) is 16.8 Å². The van der Waals surface area contributed by atoms with Gasteiger partial charge in [-0.25, -0.2) is 9.31 Å². The van der Waals surface area contributed by atoms with Gasteiger partial charge in [0.25, 0.3) is 0 Å². The van der Waals surface area contributed by atoms with Crippen molar-refractivity contribution in [2.24, 2.45) is 0 Å². The minimum Gasteiger partial charge on any atom is -0.476 e. The molecular weight excluding hydrogens is 344 g/mol. The minimum absolute atomic E-state index is 0.0199. The first-order chi connectivity index (χ1) is 13.0. The van der Waals surface area contributed by atoms with Crippen molar-refractivity contribution in [1.29, 1.82) is 0 Å². The van der Waals surface area contributed by atoms with Crippen molar-refractivity contribution in [1.82, 2.24) is 19.4 Å². The zero-order valence-electron chi connectivity index (χ0n) is 14.5. The Hall–Kier alpha value is -3.74. The van der Waals surface area contributed by atoms with Crippen LogP contribution in [0.4, 0.5) is 0 Å². The van der Waals surface area contributed by atoms with Crippen LogP contribution in [0.3, 0.4) is 0 Å². The lowest BCUT2D eigenvalue weighted by molar-refractivity contribution is 0.0689. The van der Waals surface area contributed by atoms with Crippen molar-refractivity contribution >= 4 is 17.8 Å². The second-order valence-corrected chi connectivity index (χ2v) is 6.26.